The first-order valence-electron chi connectivity index (χ1n) is 7.69. The molecule has 24 heavy (non-hydrogen) atoms. The van der Waals surface area contributed by atoms with Gasteiger partial charge in [0.15, 0.2) is 0 Å². The molecule has 0 spiro atoms. The number of amides is 2. The number of rotatable bonds is 4. The lowest BCUT2D eigenvalue weighted by molar-refractivity contribution is 0.0697. The van der Waals surface area contributed by atoms with E-state index < -0.39 is 5.97 Å². The summed E-state index contributed by atoms with van der Waals surface area (Å²) in [5, 5.41) is 9.76. The number of hydrogen-bond donors (Lipinski definition) is 1. The van der Waals surface area contributed by atoms with Crippen LogP contribution in [0.2, 0.25) is 5.02 Å². The molecule has 0 unspecified atom stereocenters. The van der Waals surface area contributed by atoms with Gasteiger partial charge in [-0.2, -0.15) is 0 Å². The number of benzene rings is 2. The number of carbonyl (C=O) groups is 2. The van der Waals surface area contributed by atoms with Gasteiger partial charge in [-0.3, -0.25) is 4.90 Å². The van der Waals surface area contributed by atoms with Crippen molar-refractivity contribution in [2.45, 2.75) is 13.0 Å². The maximum Gasteiger partial charge on any atom is 0.335 e. The summed E-state index contributed by atoms with van der Waals surface area (Å²) in [7, 11) is 0. The van der Waals surface area contributed by atoms with E-state index in [0.29, 0.717) is 30.3 Å². The number of carboxylic acid groups (broad SMARTS) is 1. The van der Waals surface area contributed by atoms with E-state index in [0.717, 1.165) is 12.0 Å². The third-order valence-electron chi connectivity index (χ3n) is 3.98. The highest BCUT2D eigenvalue weighted by molar-refractivity contribution is 6.30. The van der Waals surface area contributed by atoms with Crippen molar-refractivity contribution in [3.63, 3.8) is 0 Å². The molecule has 2 aromatic rings. The Morgan fingerprint density at radius 2 is 1.92 bits per heavy atom. The smallest absolute Gasteiger partial charge is 0.335 e. The minimum absolute atomic E-state index is 0.122. The summed E-state index contributed by atoms with van der Waals surface area (Å²) >= 11 is 6.00. The standard InChI is InChI=1S/C18H17ClN2O3/c19-15-6-1-4-13(10-15)12-20-8-3-9-21(18(20)24)16-7-2-5-14(11-16)17(22)23/h1-2,4-7,10-11H,3,8-9,12H2,(H,22,23). The van der Waals surface area contributed by atoms with Crippen molar-refractivity contribution in [2.75, 3.05) is 18.0 Å². The van der Waals surface area contributed by atoms with Crippen LogP contribution >= 0.6 is 11.6 Å². The molecule has 0 aliphatic carbocycles. The molecule has 6 heteroatoms. The van der Waals surface area contributed by atoms with Gasteiger partial charge in [0.05, 0.1) is 5.56 Å². The fourth-order valence-corrected chi connectivity index (χ4v) is 3.04. The maximum atomic E-state index is 12.8. The van der Waals surface area contributed by atoms with Crippen molar-refractivity contribution >= 4 is 29.3 Å². The number of hydrogen-bond acceptors (Lipinski definition) is 2. The topological polar surface area (TPSA) is 60.9 Å². The van der Waals surface area contributed by atoms with E-state index in [-0.39, 0.29) is 11.6 Å². The Morgan fingerprint density at radius 3 is 2.67 bits per heavy atom. The average molecular weight is 345 g/mol. The molecule has 124 valence electrons. The molecule has 0 saturated carbocycles. The number of carbonyl (C=O) groups excluding carboxylic acids is 1. The Morgan fingerprint density at radius 1 is 1.12 bits per heavy atom. The van der Waals surface area contributed by atoms with Gasteiger partial charge in [0.2, 0.25) is 0 Å². The van der Waals surface area contributed by atoms with E-state index in [1.54, 1.807) is 28.0 Å². The van der Waals surface area contributed by atoms with Crippen LogP contribution in [0.15, 0.2) is 48.5 Å². The summed E-state index contributed by atoms with van der Waals surface area (Å²) < 4.78 is 0. The van der Waals surface area contributed by atoms with Crippen LogP contribution in [0.3, 0.4) is 0 Å². The number of nitrogens with zero attached hydrogens (tertiary/aromatic N) is 2. The number of urea groups is 1. The second-order valence-corrected chi connectivity index (χ2v) is 6.13. The highest BCUT2D eigenvalue weighted by atomic mass is 35.5. The van der Waals surface area contributed by atoms with E-state index in [9.17, 15) is 9.59 Å². The van der Waals surface area contributed by atoms with Crippen LogP contribution in [0.25, 0.3) is 0 Å². The lowest BCUT2D eigenvalue weighted by Gasteiger charge is -2.35. The zero-order valence-electron chi connectivity index (χ0n) is 13.0. The number of anilines is 1. The maximum absolute atomic E-state index is 12.8. The molecule has 1 fully saturated rings. The van der Waals surface area contributed by atoms with Gasteiger partial charge in [0.25, 0.3) is 0 Å². The third-order valence-corrected chi connectivity index (χ3v) is 4.21. The zero-order valence-corrected chi connectivity index (χ0v) is 13.7. The third kappa shape index (κ3) is 3.51. The lowest BCUT2D eigenvalue weighted by Crippen LogP contribution is -2.49. The molecule has 1 saturated heterocycles. The van der Waals surface area contributed by atoms with Crippen molar-refractivity contribution in [1.82, 2.24) is 4.90 Å². The highest BCUT2D eigenvalue weighted by Gasteiger charge is 2.27. The van der Waals surface area contributed by atoms with E-state index in [1.807, 2.05) is 18.2 Å². The summed E-state index contributed by atoms with van der Waals surface area (Å²) in [6.07, 6.45) is 0.823. The molecule has 1 heterocycles. The summed E-state index contributed by atoms with van der Waals surface area (Å²) in [5.74, 6) is -1.00. The van der Waals surface area contributed by atoms with E-state index in [2.05, 4.69) is 0 Å². The van der Waals surface area contributed by atoms with Gasteiger partial charge >= 0.3 is 12.0 Å². The summed E-state index contributed by atoms with van der Waals surface area (Å²) in [6, 6.07) is 13.8. The Bertz CT molecular complexity index is 778. The van der Waals surface area contributed by atoms with Crippen LogP contribution in [0.5, 0.6) is 0 Å². The largest absolute Gasteiger partial charge is 0.478 e. The fraction of sp³-hybridized carbons (Fsp3) is 0.222. The second-order valence-electron chi connectivity index (χ2n) is 5.69. The minimum Gasteiger partial charge on any atom is -0.478 e. The van der Waals surface area contributed by atoms with Crippen LogP contribution in [-0.4, -0.2) is 35.1 Å². The van der Waals surface area contributed by atoms with Crippen molar-refractivity contribution in [3.8, 4) is 0 Å². The normalized spacial score (nSPS) is 14.8. The molecule has 1 aliphatic heterocycles. The number of carboxylic acids is 1. The molecule has 1 N–H and O–H groups in total. The minimum atomic E-state index is -1.00. The van der Waals surface area contributed by atoms with Crippen LogP contribution in [0.4, 0.5) is 10.5 Å². The van der Waals surface area contributed by atoms with Crippen molar-refractivity contribution in [3.05, 3.63) is 64.7 Å². The highest BCUT2D eigenvalue weighted by Crippen LogP contribution is 2.23. The molecule has 5 nitrogen and oxygen atoms in total. The molecule has 2 aromatic carbocycles. The Hall–Kier alpha value is -2.53. The van der Waals surface area contributed by atoms with Crippen LogP contribution < -0.4 is 4.90 Å². The molecule has 0 aromatic heterocycles. The first-order valence-corrected chi connectivity index (χ1v) is 8.06. The van der Waals surface area contributed by atoms with Gasteiger partial charge in [-0.15, -0.1) is 0 Å². The van der Waals surface area contributed by atoms with Crippen molar-refractivity contribution in [2.24, 2.45) is 0 Å². The Kier molecular flexibility index (Phi) is 4.71. The first-order chi connectivity index (χ1) is 11.5. The number of halogens is 1. The van der Waals surface area contributed by atoms with Crippen molar-refractivity contribution < 1.29 is 14.7 Å². The SMILES string of the molecule is O=C(O)c1cccc(N2CCCN(Cc3cccc(Cl)c3)C2=O)c1. The number of aromatic carboxylic acids is 1. The van der Waals surface area contributed by atoms with Crippen LogP contribution in [0, 0.1) is 0 Å². The average Bonchev–Trinajstić information content (AvgIpc) is 2.57. The zero-order chi connectivity index (χ0) is 17.1. The molecular formula is C18H17ClN2O3. The molecule has 1 aliphatic rings. The van der Waals surface area contributed by atoms with Crippen LogP contribution in [0.1, 0.15) is 22.3 Å². The van der Waals surface area contributed by atoms with Gasteiger partial charge in [0, 0.05) is 30.3 Å². The van der Waals surface area contributed by atoms with Gasteiger partial charge in [-0.1, -0.05) is 29.8 Å². The molecule has 0 radical (unpaired) electrons. The summed E-state index contributed by atoms with van der Waals surface area (Å²) in [5.41, 5.74) is 1.75. The quantitative estimate of drug-likeness (QED) is 0.915. The fourth-order valence-electron chi connectivity index (χ4n) is 2.83. The lowest BCUT2D eigenvalue weighted by atomic mass is 10.1. The van der Waals surface area contributed by atoms with Gasteiger partial charge in [-0.25, -0.2) is 9.59 Å². The van der Waals surface area contributed by atoms with Gasteiger partial charge in [-0.05, 0) is 42.3 Å². The predicted octanol–water partition coefficient (Wildman–Crippen LogP) is 3.87. The summed E-state index contributed by atoms with van der Waals surface area (Å²) in [4.78, 5) is 27.3. The summed E-state index contributed by atoms with van der Waals surface area (Å²) in [6.45, 7) is 1.73. The van der Waals surface area contributed by atoms with Crippen molar-refractivity contribution in [1.29, 1.82) is 0 Å². The van der Waals surface area contributed by atoms with Crippen LogP contribution in [-0.2, 0) is 6.54 Å². The second kappa shape index (κ2) is 6.93. The first kappa shape index (κ1) is 16.3. The Balaban J connectivity index is 1.80. The van der Waals surface area contributed by atoms with Gasteiger partial charge in [0.1, 0.15) is 0 Å². The molecule has 2 amide bonds. The molecule has 3 rings (SSSR count). The monoisotopic (exact) mass is 344 g/mol. The molecular weight excluding hydrogens is 328 g/mol. The van der Waals surface area contributed by atoms with E-state index in [4.69, 9.17) is 16.7 Å². The predicted molar refractivity (Wildman–Crippen MR) is 92.6 cm³/mol. The van der Waals surface area contributed by atoms with Gasteiger partial charge < -0.3 is 10.0 Å². The van der Waals surface area contributed by atoms with E-state index in [1.165, 1.54) is 12.1 Å². The Labute approximate surface area is 145 Å². The van der Waals surface area contributed by atoms with E-state index >= 15 is 0 Å². The molecule has 0 bridgehead atoms. The molecule has 0 atom stereocenters.